The zero-order chi connectivity index (χ0) is 11.3. The van der Waals surface area contributed by atoms with Gasteiger partial charge in [-0.25, -0.2) is 8.42 Å². The predicted molar refractivity (Wildman–Crippen MR) is 62.0 cm³/mol. The van der Waals surface area contributed by atoms with Gasteiger partial charge in [0.05, 0.1) is 10.6 Å². The lowest BCUT2D eigenvalue weighted by atomic mass is 10.2. The third-order valence-corrected chi connectivity index (χ3v) is 4.21. The van der Waals surface area contributed by atoms with Gasteiger partial charge >= 0.3 is 0 Å². The van der Waals surface area contributed by atoms with Crippen molar-refractivity contribution in [3.05, 3.63) is 29.8 Å². The van der Waals surface area contributed by atoms with Gasteiger partial charge in [-0.3, -0.25) is 0 Å². The molecule has 0 saturated carbocycles. The number of hydrogen-bond donors (Lipinski definition) is 1. The van der Waals surface area contributed by atoms with Crippen molar-refractivity contribution in [2.24, 2.45) is 5.73 Å². The smallest absolute Gasteiger partial charge is 0.179 e. The lowest BCUT2D eigenvalue weighted by molar-refractivity contribution is 0.597. The van der Waals surface area contributed by atoms with Crippen molar-refractivity contribution in [1.29, 1.82) is 0 Å². The SMILES string of the molecule is NCCc1ccc(S(=O)(=O)CCCl)cc1. The van der Waals surface area contributed by atoms with E-state index in [1.165, 1.54) is 0 Å². The van der Waals surface area contributed by atoms with Gasteiger partial charge in [0, 0.05) is 5.88 Å². The van der Waals surface area contributed by atoms with Crippen molar-refractivity contribution in [2.75, 3.05) is 18.2 Å². The second-order valence-electron chi connectivity index (χ2n) is 3.19. The van der Waals surface area contributed by atoms with E-state index in [9.17, 15) is 8.42 Å². The van der Waals surface area contributed by atoms with Crippen molar-refractivity contribution < 1.29 is 8.42 Å². The molecule has 0 heterocycles. The fourth-order valence-corrected chi connectivity index (χ4v) is 2.85. The van der Waals surface area contributed by atoms with E-state index in [1.54, 1.807) is 24.3 Å². The number of rotatable bonds is 5. The maximum absolute atomic E-state index is 11.6. The van der Waals surface area contributed by atoms with Gasteiger partial charge in [0.1, 0.15) is 0 Å². The summed E-state index contributed by atoms with van der Waals surface area (Å²) in [6.07, 6.45) is 0.760. The Hall–Kier alpha value is -0.580. The van der Waals surface area contributed by atoms with Crippen molar-refractivity contribution in [3.63, 3.8) is 0 Å². The van der Waals surface area contributed by atoms with Crippen LogP contribution in [0.25, 0.3) is 0 Å². The Morgan fingerprint density at radius 2 is 1.80 bits per heavy atom. The number of benzene rings is 1. The van der Waals surface area contributed by atoms with Gasteiger partial charge in [0.25, 0.3) is 0 Å². The molecule has 15 heavy (non-hydrogen) atoms. The van der Waals surface area contributed by atoms with Crippen molar-refractivity contribution in [1.82, 2.24) is 0 Å². The molecular weight excluding hydrogens is 234 g/mol. The molecule has 1 aromatic rings. The van der Waals surface area contributed by atoms with Gasteiger partial charge in [-0.2, -0.15) is 0 Å². The van der Waals surface area contributed by atoms with Gasteiger partial charge in [-0.1, -0.05) is 12.1 Å². The molecule has 1 aromatic carbocycles. The molecule has 0 saturated heterocycles. The van der Waals surface area contributed by atoms with E-state index in [4.69, 9.17) is 17.3 Å². The van der Waals surface area contributed by atoms with E-state index in [0.29, 0.717) is 11.4 Å². The molecule has 0 bridgehead atoms. The van der Waals surface area contributed by atoms with Crippen LogP contribution in [-0.2, 0) is 16.3 Å². The summed E-state index contributed by atoms with van der Waals surface area (Å²) >= 11 is 5.42. The Bertz CT molecular complexity index is 400. The van der Waals surface area contributed by atoms with Crippen LogP contribution in [0.5, 0.6) is 0 Å². The average molecular weight is 248 g/mol. The standard InChI is InChI=1S/C10H14ClNO2S/c11-6-8-15(13,14)10-3-1-9(2-4-10)5-7-12/h1-4H,5-8,12H2. The van der Waals surface area contributed by atoms with Crippen molar-refractivity contribution >= 4 is 21.4 Å². The zero-order valence-corrected chi connectivity index (χ0v) is 9.89. The molecule has 0 aliphatic rings. The van der Waals surface area contributed by atoms with Gasteiger partial charge in [-0.15, -0.1) is 11.6 Å². The highest BCUT2D eigenvalue weighted by atomic mass is 35.5. The van der Waals surface area contributed by atoms with Gasteiger partial charge in [-0.05, 0) is 30.7 Å². The first-order chi connectivity index (χ1) is 7.10. The molecule has 3 nitrogen and oxygen atoms in total. The zero-order valence-electron chi connectivity index (χ0n) is 8.32. The van der Waals surface area contributed by atoms with Crippen LogP contribution < -0.4 is 5.73 Å². The molecule has 0 atom stereocenters. The van der Waals surface area contributed by atoms with Gasteiger partial charge < -0.3 is 5.73 Å². The molecule has 1 rings (SSSR count). The van der Waals surface area contributed by atoms with Crippen LogP contribution in [0, 0.1) is 0 Å². The lowest BCUT2D eigenvalue weighted by Gasteiger charge is -2.03. The Balaban J connectivity index is 2.89. The third kappa shape index (κ3) is 3.48. The van der Waals surface area contributed by atoms with Crippen molar-refractivity contribution in [2.45, 2.75) is 11.3 Å². The molecule has 0 radical (unpaired) electrons. The summed E-state index contributed by atoms with van der Waals surface area (Å²) in [5.41, 5.74) is 6.44. The minimum absolute atomic E-state index is 0.0230. The number of nitrogens with two attached hydrogens (primary N) is 1. The molecular formula is C10H14ClNO2S. The van der Waals surface area contributed by atoms with E-state index in [-0.39, 0.29) is 11.6 Å². The predicted octanol–water partition coefficient (Wildman–Crippen LogP) is 1.20. The molecule has 5 heteroatoms. The minimum Gasteiger partial charge on any atom is -0.330 e. The highest BCUT2D eigenvalue weighted by Gasteiger charge is 2.12. The highest BCUT2D eigenvalue weighted by Crippen LogP contribution is 2.12. The number of alkyl halides is 1. The Labute approximate surface area is 95.2 Å². The molecule has 0 spiro atoms. The van der Waals surface area contributed by atoms with Gasteiger partial charge in [0.15, 0.2) is 9.84 Å². The van der Waals surface area contributed by atoms with E-state index < -0.39 is 9.84 Å². The molecule has 84 valence electrons. The van der Waals surface area contributed by atoms with Crippen molar-refractivity contribution in [3.8, 4) is 0 Å². The maximum atomic E-state index is 11.6. The van der Waals surface area contributed by atoms with Crippen LogP contribution in [0.1, 0.15) is 5.56 Å². The molecule has 0 aliphatic carbocycles. The summed E-state index contributed by atoms with van der Waals surface area (Å²) in [7, 11) is -3.21. The quantitative estimate of drug-likeness (QED) is 0.796. The number of hydrogen-bond acceptors (Lipinski definition) is 3. The maximum Gasteiger partial charge on any atom is 0.179 e. The van der Waals surface area contributed by atoms with Crippen LogP contribution in [0.4, 0.5) is 0 Å². The van der Waals surface area contributed by atoms with E-state index >= 15 is 0 Å². The Morgan fingerprint density at radius 1 is 1.20 bits per heavy atom. The Kier molecular flexibility index (Phi) is 4.57. The monoisotopic (exact) mass is 247 g/mol. The largest absolute Gasteiger partial charge is 0.330 e. The van der Waals surface area contributed by atoms with Crippen LogP contribution in [0.15, 0.2) is 29.2 Å². The number of halogens is 1. The summed E-state index contributed by atoms with van der Waals surface area (Å²) in [5, 5.41) is 0. The van der Waals surface area contributed by atoms with Crippen LogP contribution in [0.2, 0.25) is 0 Å². The van der Waals surface area contributed by atoms with Crippen LogP contribution in [-0.4, -0.2) is 26.6 Å². The fraction of sp³-hybridized carbons (Fsp3) is 0.400. The summed E-state index contributed by atoms with van der Waals surface area (Å²) < 4.78 is 23.2. The Morgan fingerprint density at radius 3 is 2.27 bits per heavy atom. The second kappa shape index (κ2) is 5.49. The van der Waals surface area contributed by atoms with E-state index in [0.717, 1.165) is 12.0 Å². The lowest BCUT2D eigenvalue weighted by Crippen LogP contribution is -2.08. The fourth-order valence-electron chi connectivity index (χ4n) is 1.25. The normalized spacial score (nSPS) is 11.6. The number of sulfone groups is 1. The second-order valence-corrected chi connectivity index (χ2v) is 5.68. The first kappa shape index (κ1) is 12.5. The molecule has 2 N–H and O–H groups in total. The van der Waals surface area contributed by atoms with Gasteiger partial charge in [0.2, 0.25) is 0 Å². The topological polar surface area (TPSA) is 60.2 Å². The minimum atomic E-state index is -3.21. The highest BCUT2D eigenvalue weighted by molar-refractivity contribution is 7.91. The molecule has 0 aromatic heterocycles. The third-order valence-electron chi connectivity index (χ3n) is 2.06. The summed E-state index contributed by atoms with van der Waals surface area (Å²) in [6.45, 7) is 0.563. The average Bonchev–Trinajstić information content (AvgIpc) is 2.19. The van der Waals surface area contributed by atoms with Crippen LogP contribution >= 0.6 is 11.6 Å². The molecule has 0 amide bonds. The summed E-state index contributed by atoms with van der Waals surface area (Å²) in [4.78, 5) is 0.323. The van der Waals surface area contributed by atoms with Crippen LogP contribution in [0.3, 0.4) is 0 Å². The molecule has 0 fully saturated rings. The van der Waals surface area contributed by atoms with E-state index in [1.807, 2.05) is 0 Å². The van der Waals surface area contributed by atoms with E-state index in [2.05, 4.69) is 0 Å². The first-order valence-corrected chi connectivity index (χ1v) is 6.86. The summed E-state index contributed by atoms with van der Waals surface area (Å²) in [5.74, 6) is 0.0949. The first-order valence-electron chi connectivity index (χ1n) is 4.68. The molecule has 0 aliphatic heterocycles. The summed E-state index contributed by atoms with van der Waals surface area (Å²) in [6, 6.07) is 6.78. The molecule has 0 unspecified atom stereocenters.